The molecule has 1 aromatic carbocycles. The predicted octanol–water partition coefficient (Wildman–Crippen LogP) is 0.778. The minimum atomic E-state index is -0.354. The van der Waals surface area contributed by atoms with Crippen molar-refractivity contribution in [2.24, 2.45) is 0 Å². The second-order valence-electron chi connectivity index (χ2n) is 2.82. The number of nitrogens with zero attached hydrogens (tertiary/aromatic N) is 3. The van der Waals surface area contributed by atoms with Crippen molar-refractivity contribution in [3.05, 3.63) is 32.3 Å². The number of hydrogen-bond donors (Lipinski definition) is 1. The first-order chi connectivity index (χ1) is 7.74. The normalized spacial score (nSPS) is 10.6. The SMILES string of the molecule is [B]CSc1cccc(-n2nn[nH]c2=O)c1I. The van der Waals surface area contributed by atoms with E-state index in [9.17, 15) is 4.79 Å². The van der Waals surface area contributed by atoms with Crippen LogP contribution in [0.25, 0.3) is 5.69 Å². The van der Waals surface area contributed by atoms with Crippen LogP contribution in [0.15, 0.2) is 27.9 Å². The summed E-state index contributed by atoms with van der Waals surface area (Å²) in [6.07, 6.45) is 0. The zero-order valence-corrected chi connectivity index (χ0v) is 11.0. The van der Waals surface area contributed by atoms with E-state index in [0.717, 1.165) is 8.47 Å². The topological polar surface area (TPSA) is 63.6 Å². The highest BCUT2D eigenvalue weighted by atomic mass is 127. The van der Waals surface area contributed by atoms with Gasteiger partial charge in [-0.15, -0.1) is 11.8 Å². The number of thioether (sulfide) groups is 1. The van der Waals surface area contributed by atoms with Crippen LogP contribution in [0.3, 0.4) is 0 Å². The number of aromatic amines is 1. The van der Waals surface area contributed by atoms with Crippen LogP contribution in [0.2, 0.25) is 0 Å². The van der Waals surface area contributed by atoms with Gasteiger partial charge in [0.15, 0.2) is 0 Å². The van der Waals surface area contributed by atoms with Crippen molar-refractivity contribution in [2.75, 3.05) is 5.65 Å². The Hall–Kier alpha value is -0.765. The molecule has 1 heterocycles. The molecule has 0 spiro atoms. The Morgan fingerprint density at radius 3 is 3.00 bits per heavy atom. The number of benzene rings is 1. The summed E-state index contributed by atoms with van der Waals surface area (Å²) in [5, 5.41) is 9.41. The van der Waals surface area contributed by atoms with Crippen LogP contribution in [0, 0.1) is 3.57 Å². The van der Waals surface area contributed by atoms with Crippen molar-refractivity contribution >= 4 is 42.2 Å². The molecule has 16 heavy (non-hydrogen) atoms. The number of tetrazole rings is 1. The first-order valence-corrected chi connectivity index (χ1v) is 6.42. The molecule has 5 nitrogen and oxygen atoms in total. The van der Waals surface area contributed by atoms with Crippen LogP contribution < -0.4 is 5.69 Å². The molecule has 0 aliphatic heterocycles. The largest absolute Gasteiger partial charge is 0.365 e. The van der Waals surface area contributed by atoms with Crippen molar-refractivity contribution in [2.45, 2.75) is 4.90 Å². The van der Waals surface area contributed by atoms with Gasteiger partial charge in [0.1, 0.15) is 0 Å². The highest BCUT2D eigenvalue weighted by molar-refractivity contribution is 14.1. The van der Waals surface area contributed by atoms with E-state index >= 15 is 0 Å². The van der Waals surface area contributed by atoms with E-state index in [1.807, 2.05) is 18.2 Å². The smallest absolute Gasteiger partial charge is 0.244 e. The Balaban J connectivity index is 2.54. The maximum Gasteiger partial charge on any atom is 0.365 e. The van der Waals surface area contributed by atoms with Gasteiger partial charge in [0.25, 0.3) is 0 Å². The second-order valence-corrected chi connectivity index (χ2v) is 4.96. The average Bonchev–Trinajstić information content (AvgIpc) is 2.68. The lowest BCUT2D eigenvalue weighted by atomic mass is 10.2. The molecular weight excluding hydrogens is 338 g/mol. The number of aromatic nitrogens is 4. The average molecular weight is 344 g/mol. The molecule has 0 aliphatic carbocycles. The van der Waals surface area contributed by atoms with Crippen LogP contribution in [0.4, 0.5) is 0 Å². The number of hydrogen-bond acceptors (Lipinski definition) is 4. The molecule has 2 rings (SSSR count). The summed E-state index contributed by atoms with van der Waals surface area (Å²) in [5.41, 5.74) is 0.846. The summed E-state index contributed by atoms with van der Waals surface area (Å²) >= 11 is 3.68. The maximum absolute atomic E-state index is 11.4. The predicted molar refractivity (Wildman–Crippen MR) is 71.2 cm³/mol. The van der Waals surface area contributed by atoms with E-state index < -0.39 is 0 Å². The van der Waals surface area contributed by atoms with Crippen molar-refractivity contribution in [1.82, 2.24) is 20.2 Å². The standard InChI is InChI=1S/C8H6BIN4OS/c9-4-16-6-3-1-2-5(7(6)10)14-8(15)11-12-13-14/h1-3H,4H2,(H,11,13,15). The van der Waals surface area contributed by atoms with Gasteiger partial charge >= 0.3 is 5.69 Å². The zero-order valence-electron chi connectivity index (χ0n) is 8.05. The van der Waals surface area contributed by atoms with Crippen LogP contribution in [-0.2, 0) is 0 Å². The van der Waals surface area contributed by atoms with Crippen LogP contribution >= 0.6 is 34.4 Å². The van der Waals surface area contributed by atoms with Crippen LogP contribution in [0.1, 0.15) is 0 Å². The van der Waals surface area contributed by atoms with E-state index in [1.54, 1.807) is 0 Å². The third-order valence-corrected chi connectivity index (χ3v) is 4.20. The minimum Gasteiger partial charge on any atom is -0.244 e. The summed E-state index contributed by atoms with van der Waals surface area (Å²) in [4.78, 5) is 12.4. The molecule has 8 heteroatoms. The van der Waals surface area contributed by atoms with Crippen LogP contribution in [0.5, 0.6) is 0 Å². The second kappa shape index (κ2) is 5.04. The van der Waals surface area contributed by atoms with Crippen molar-refractivity contribution in [3.8, 4) is 5.69 Å². The van der Waals surface area contributed by atoms with Gasteiger partial charge in [-0.25, -0.2) is 9.89 Å². The molecule has 0 saturated heterocycles. The first-order valence-electron chi connectivity index (χ1n) is 4.36. The Bertz CT molecular complexity index is 555. The number of H-pyrrole nitrogens is 1. The highest BCUT2D eigenvalue weighted by Crippen LogP contribution is 2.27. The fourth-order valence-electron chi connectivity index (χ4n) is 1.22. The quantitative estimate of drug-likeness (QED) is 0.508. The molecule has 1 N–H and O–H groups in total. The van der Waals surface area contributed by atoms with Gasteiger partial charge in [0.2, 0.25) is 0 Å². The molecule has 0 unspecified atom stereocenters. The van der Waals surface area contributed by atoms with Gasteiger partial charge in [-0.2, -0.15) is 4.68 Å². The fourth-order valence-corrected chi connectivity index (χ4v) is 2.86. The lowest BCUT2D eigenvalue weighted by Crippen LogP contribution is -2.17. The van der Waals surface area contributed by atoms with Crippen LogP contribution in [-0.4, -0.2) is 33.7 Å². The van der Waals surface area contributed by atoms with E-state index in [2.05, 4.69) is 38.1 Å². The number of halogens is 1. The Kier molecular flexibility index (Phi) is 3.69. The van der Waals surface area contributed by atoms with Gasteiger partial charge in [-0.1, -0.05) is 6.07 Å². The maximum atomic E-state index is 11.4. The molecule has 80 valence electrons. The van der Waals surface area contributed by atoms with Crippen molar-refractivity contribution < 1.29 is 0 Å². The Morgan fingerprint density at radius 1 is 1.56 bits per heavy atom. The molecule has 2 aromatic rings. The summed E-state index contributed by atoms with van der Waals surface area (Å²) in [5.74, 6) is 0. The summed E-state index contributed by atoms with van der Waals surface area (Å²) in [7, 11) is 5.49. The van der Waals surface area contributed by atoms with Gasteiger partial charge in [0, 0.05) is 4.90 Å². The molecular formula is C8H6BIN4OS. The lowest BCUT2D eigenvalue weighted by Gasteiger charge is -2.06. The summed E-state index contributed by atoms with van der Waals surface area (Å²) < 4.78 is 2.16. The van der Waals surface area contributed by atoms with Gasteiger partial charge in [-0.05, 0) is 50.8 Å². The lowest BCUT2D eigenvalue weighted by molar-refractivity contribution is 0.774. The molecule has 0 amide bonds. The number of rotatable bonds is 3. The molecule has 0 saturated carbocycles. The summed E-state index contributed by atoms with van der Waals surface area (Å²) in [6.45, 7) is 0. The van der Waals surface area contributed by atoms with E-state index in [1.165, 1.54) is 16.4 Å². The molecule has 0 fully saturated rings. The molecule has 2 radical (unpaired) electrons. The fraction of sp³-hybridized carbons (Fsp3) is 0.125. The van der Waals surface area contributed by atoms with E-state index in [0.29, 0.717) is 11.3 Å². The Labute approximate surface area is 111 Å². The first kappa shape index (κ1) is 11.7. The Morgan fingerprint density at radius 2 is 2.38 bits per heavy atom. The molecule has 1 aromatic heterocycles. The van der Waals surface area contributed by atoms with Crippen molar-refractivity contribution in [1.29, 1.82) is 0 Å². The van der Waals surface area contributed by atoms with Gasteiger partial charge in [0.05, 0.1) is 17.1 Å². The summed E-state index contributed by atoms with van der Waals surface area (Å²) in [6, 6.07) is 5.62. The van der Waals surface area contributed by atoms with E-state index in [4.69, 9.17) is 7.85 Å². The third-order valence-electron chi connectivity index (χ3n) is 1.88. The number of nitrogens with one attached hydrogen (secondary N) is 1. The monoisotopic (exact) mass is 344 g/mol. The molecule has 0 atom stereocenters. The zero-order chi connectivity index (χ0) is 11.5. The van der Waals surface area contributed by atoms with Gasteiger partial charge < -0.3 is 0 Å². The third kappa shape index (κ3) is 2.17. The van der Waals surface area contributed by atoms with Gasteiger partial charge in [-0.3, -0.25) is 0 Å². The molecule has 0 bridgehead atoms. The minimum absolute atomic E-state index is 0.354. The molecule has 0 aliphatic rings. The van der Waals surface area contributed by atoms with E-state index in [-0.39, 0.29) is 5.69 Å². The highest BCUT2D eigenvalue weighted by Gasteiger charge is 2.10. The van der Waals surface area contributed by atoms with Crippen molar-refractivity contribution in [3.63, 3.8) is 0 Å².